The Morgan fingerprint density at radius 2 is 0.459 bits per heavy atom. The van der Waals surface area contributed by atoms with Crippen LogP contribution in [0.3, 0.4) is 0 Å². The molecule has 0 spiro atoms. The molecule has 6 nitrogen and oxygen atoms in total. The third-order valence-electron chi connectivity index (χ3n) is 12.8. The van der Waals surface area contributed by atoms with E-state index in [0.29, 0.717) is 0 Å². The predicted octanol–water partition coefficient (Wildman–Crippen LogP) is 14.2. The molecule has 61 heavy (non-hydrogen) atoms. The molecule has 0 aromatic heterocycles. The number of rotatable bonds is 48. The molecule has 0 aliphatic heterocycles. The fourth-order valence-electron chi connectivity index (χ4n) is 8.72. The zero-order valence-corrected chi connectivity index (χ0v) is 44.7. The van der Waals surface area contributed by atoms with Gasteiger partial charge in [0.15, 0.2) is 0 Å². The van der Waals surface area contributed by atoms with Gasteiger partial charge < -0.3 is 19.8 Å². The second-order valence-electron chi connectivity index (χ2n) is 18.6. The van der Waals surface area contributed by atoms with Gasteiger partial charge in [-0.1, -0.05) is 260 Å². The van der Waals surface area contributed by atoms with Crippen molar-refractivity contribution in [3.05, 3.63) is 0 Å². The van der Waals surface area contributed by atoms with Gasteiger partial charge in [-0.05, 0) is 64.7 Å². The van der Waals surface area contributed by atoms with E-state index in [0.717, 1.165) is 103 Å². The SMILES string of the molecule is CCCCCCCCCCN(CCCCCCCCCC)C(CCCCC)C(=O)[O-].CCCCCCCCCCN(CCCCCCCCCC)C(CCCCC)C(=O)[O-].[Ca+2]. The van der Waals surface area contributed by atoms with E-state index in [-0.39, 0.29) is 49.8 Å². The van der Waals surface area contributed by atoms with Gasteiger partial charge in [-0.3, -0.25) is 9.80 Å². The largest absolute Gasteiger partial charge is 2.00 e. The molecule has 0 aromatic rings. The average molecular weight is 890 g/mol. The van der Waals surface area contributed by atoms with Crippen molar-refractivity contribution >= 4 is 49.7 Å². The minimum Gasteiger partial charge on any atom is -0.548 e. The number of aliphatic carboxylic acids is 2. The van der Waals surface area contributed by atoms with Crippen molar-refractivity contribution in [3.63, 3.8) is 0 Å². The molecule has 360 valence electrons. The second-order valence-corrected chi connectivity index (χ2v) is 18.6. The molecule has 0 aliphatic carbocycles. The van der Waals surface area contributed by atoms with E-state index in [4.69, 9.17) is 0 Å². The average Bonchev–Trinajstić information content (AvgIpc) is 3.23. The van der Waals surface area contributed by atoms with Crippen LogP contribution in [0.1, 0.15) is 298 Å². The summed E-state index contributed by atoms with van der Waals surface area (Å²) >= 11 is 0. The van der Waals surface area contributed by atoms with Crippen LogP contribution in [0.25, 0.3) is 0 Å². The van der Waals surface area contributed by atoms with Crippen LogP contribution < -0.4 is 10.2 Å². The Morgan fingerprint density at radius 1 is 0.295 bits per heavy atom. The molecule has 7 heteroatoms. The van der Waals surface area contributed by atoms with Crippen LogP contribution in [0.2, 0.25) is 0 Å². The summed E-state index contributed by atoms with van der Waals surface area (Å²) in [7, 11) is 0. The predicted molar refractivity (Wildman–Crippen MR) is 265 cm³/mol. The maximum absolute atomic E-state index is 11.9. The normalized spacial score (nSPS) is 12.3. The van der Waals surface area contributed by atoms with E-state index in [1.807, 2.05) is 0 Å². The van der Waals surface area contributed by atoms with Crippen molar-refractivity contribution in [3.8, 4) is 0 Å². The zero-order chi connectivity index (χ0) is 44.6. The number of carbonyl (C=O) groups excluding carboxylic acids is 2. The van der Waals surface area contributed by atoms with Crippen LogP contribution in [0.4, 0.5) is 0 Å². The zero-order valence-electron chi connectivity index (χ0n) is 42.5. The Balaban J connectivity index is -0.00000109. The summed E-state index contributed by atoms with van der Waals surface area (Å²) in [6, 6.07) is -0.767. The number of carboxylic acid groups (broad SMARTS) is 2. The van der Waals surface area contributed by atoms with E-state index < -0.39 is 11.9 Å². The fraction of sp³-hybridized carbons (Fsp3) is 0.963. The molecule has 0 bridgehead atoms. The summed E-state index contributed by atoms with van der Waals surface area (Å²) in [6.07, 6.45) is 49.5. The van der Waals surface area contributed by atoms with Crippen LogP contribution in [0.15, 0.2) is 0 Å². The van der Waals surface area contributed by atoms with Gasteiger partial charge in [-0.15, -0.1) is 0 Å². The summed E-state index contributed by atoms with van der Waals surface area (Å²) in [5.74, 6) is -1.71. The summed E-state index contributed by atoms with van der Waals surface area (Å²) < 4.78 is 0. The molecule has 0 saturated carbocycles. The number of carbonyl (C=O) groups is 2. The maximum atomic E-state index is 11.9. The van der Waals surface area contributed by atoms with Gasteiger partial charge in [0.05, 0.1) is 11.9 Å². The Morgan fingerprint density at radius 3 is 0.639 bits per heavy atom. The number of hydrogen-bond acceptors (Lipinski definition) is 6. The monoisotopic (exact) mass is 889 g/mol. The minimum absolute atomic E-state index is 0. The number of hydrogen-bond donors (Lipinski definition) is 0. The van der Waals surface area contributed by atoms with E-state index in [1.165, 1.54) is 180 Å². The van der Waals surface area contributed by atoms with Gasteiger partial charge in [-0.2, -0.15) is 0 Å². The smallest absolute Gasteiger partial charge is 0.548 e. The van der Waals surface area contributed by atoms with Crippen LogP contribution in [-0.4, -0.2) is 97.7 Å². The maximum Gasteiger partial charge on any atom is 2.00 e. The third kappa shape index (κ3) is 46.5. The molecule has 0 aromatic carbocycles. The standard InChI is InChI=1S/2C27H55NO2.Ca/c2*1-4-7-10-12-14-16-18-21-24-28(26(27(29)30)23-20-9-6-3)25-22-19-17-15-13-11-8-5-2;/h2*26H,4-25H2,1-3H3,(H,29,30);/q;;+2/p-2. The fourth-order valence-corrected chi connectivity index (χ4v) is 8.72. The first-order chi connectivity index (χ1) is 29.3. The minimum atomic E-state index is -0.856. The van der Waals surface area contributed by atoms with Crippen LogP contribution in [0.5, 0.6) is 0 Å². The topological polar surface area (TPSA) is 86.7 Å². The summed E-state index contributed by atoms with van der Waals surface area (Å²) in [6.45, 7) is 17.1. The Bertz CT molecular complexity index is 753. The molecule has 0 amide bonds. The quantitative estimate of drug-likeness (QED) is 0.0447. The van der Waals surface area contributed by atoms with Crippen molar-refractivity contribution in [1.29, 1.82) is 0 Å². The van der Waals surface area contributed by atoms with Crippen LogP contribution in [-0.2, 0) is 9.59 Å². The van der Waals surface area contributed by atoms with Crippen molar-refractivity contribution in [2.75, 3.05) is 26.2 Å². The Hall–Kier alpha value is 0.120. The van der Waals surface area contributed by atoms with Gasteiger partial charge in [0.2, 0.25) is 0 Å². The first-order valence-electron chi connectivity index (χ1n) is 27.2. The van der Waals surface area contributed by atoms with Gasteiger partial charge in [-0.25, -0.2) is 0 Å². The van der Waals surface area contributed by atoms with Crippen molar-refractivity contribution in [2.24, 2.45) is 0 Å². The van der Waals surface area contributed by atoms with Gasteiger partial charge in [0.1, 0.15) is 0 Å². The molecule has 0 saturated heterocycles. The molecule has 0 fully saturated rings. The second kappa shape index (κ2) is 54.5. The van der Waals surface area contributed by atoms with Crippen molar-refractivity contribution < 1.29 is 19.8 Å². The molecule has 2 atom stereocenters. The van der Waals surface area contributed by atoms with Crippen molar-refractivity contribution in [1.82, 2.24) is 9.80 Å². The van der Waals surface area contributed by atoms with E-state index in [1.54, 1.807) is 0 Å². The van der Waals surface area contributed by atoms with E-state index >= 15 is 0 Å². The van der Waals surface area contributed by atoms with Crippen LogP contribution >= 0.6 is 0 Å². The van der Waals surface area contributed by atoms with Gasteiger partial charge >= 0.3 is 37.7 Å². The first-order valence-corrected chi connectivity index (χ1v) is 27.2. The molecular weight excluding hydrogens is 781 g/mol. The van der Waals surface area contributed by atoms with Crippen LogP contribution in [0, 0.1) is 0 Å². The van der Waals surface area contributed by atoms with E-state index in [2.05, 4.69) is 51.3 Å². The number of carboxylic acids is 2. The summed E-state index contributed by atoms with van der Waals surface area (Å²) in [5, 5.41) is 23.7. The third-order valence-corrected chi connectivity index (χ3v) is 12.8. The molecule has 0 N–H and O–H groups in total. The Kier molecular flexibility index (Phi) is 58.4. The number of unbranched alkanes of at least 4 members (excludes halogenated alkanes) is 32. The number of nitrogens with zero attached hydrogens (tertiary/aromatic N) is 2. The molecule has 0 aliphatic rings. The van der Waals surface area contributed by atoms with Crippen molar-refractivity contribution in [2.45, 2.75) is 310 Å². The molecule has 0 rings (SSSR count). The van der Waals surface area contributed by atoms with E-state index in [9.17, 15) is 19.8 Å². The molecule has 0 radical (unpaired) electrons. The van der Waals surface area contributed by atoms with Gasteiger partial charge in [0, 0.05) is 12.1 Å². The van der Waals surface area contributed by atoms with Gasteiger partial charge in [0.25, 0.3) is 0 Å². The summed E-state index contributed by atoms with van der Waals surface area (Å²) in [5.41, 5.74) is 0. The Labute approximate surface area is 413 Å². The molecule has 2 unspecified atom stereocenters. The summed E-state index contributed by atoms with van der Waals surface area (Å²) in [4.78, 5) is 28.2. The molecule has 0 heterocycles. The first kappa shape index (κ1) is 65.4. The molecular formula is C54H108CaN2O4.